The summed E-state index contributed by atoms with van der Waals surface area (Å²) in [5.41, 5.74) is 7.59. The van der Waals surface area contributed by atoms with E-state index in [2.05, 4.69) is 25.8 Å². The lowest BCUT2D eigenvalue weighted by Gasteiger charge is -2.31. The zero-order chi connectivity index (χ0) is 23.0. The second-order valence-corrected chi connectivity index (χ2v) is 8.17. The number of carbonyl (C=O) groups is 2. The van der Waals surface area contributed by atoms with Crippen molar-refractivity contribution in [2.24, 2.45) is 0 Å². The van der Waals surface area contributed by atoms with E-state index in [0.29, 0.717) is 11.9 Å². The third-order valence-electron chi connectivity index (χ3n) is 5.78. The lowest BCUT2D eigenvalue weighted by Crippen LogP contribution is -2.45. The highest BCUT2D eigenvalue weighted by Crippen LogP contribution is 2.22. The molecule has 0 aliphatic carbocycles. The molecule has 5 N–H and O–H groups in total. The van der Waals surface area contributed by atoms with Gasteiger partial charge in [0.2, 0.25) is 23.7 Å². The van der Waals surface area contributed by atoms with Crippen molar-refractivity contribution in [2.75, 3.05) is 23.7 Å². The number of benzene rings is 2. The molecule has 1 saturated heterocycles. The van der Waals surface area contributed by atoms with E-state index in [1.54, 1.807) is 0 Å². The molecule has 1 aliphatic heterocycles. The molecule has 4 rings (SSSR count). The molecule has 0 radical (unpaired) electrons. The van der Waals surface area contributed by atoms with Gasteiger partial charge in [0.1, 0.15) is 0 Å². The first kappa shape index (κ1) is 22.3. The maximum absolute atomic E-state index is 12.7. The molecule has 2 aromatic carbocycles. The maximum atomic E-state index is 12.7. The Labute approximate surface area is 192 Å². The standard InChI is InChI=1S/C24H29N7O2/c25-23-28-24(30-29-23)31-15-13-19(14-16-31)26-20(32)11-12-21(33)27-22(17-7-3-1-4-8-17)18-9-5-2-6-10-18/h1-10,19,22H,11-16H2,(H,26,32)(H,27,33)(H3,25,28,29,30). The lowest BCUT2D eigenvalue weighted by atomic mass is 9.98. The van der Waals surface area contributed by atoms with Crippen molar-refractivity contribution in [3.8, 4) is 0 Å². The van der Waals surface area contributed by atoms with Crippen LogP contribution in [0.3, 0.4) is 0 Å². The number of rotatable bonds is 8. The second-order valence-electron chi connectivity index (χ2n) is 8.17. The van der Waals surface area contributed by atoms with Crippen LogP contribution in [0.2, 0.25) is 0 Å². The number of aromatic amines is 1. The first-order valence-corrected chi connectivity index (χ1v) is 11.2. The van der Waals surface area contributed by atoms with Gasteiger partial charge < -0.3 is 21.3 Å². The molecule has 3 aromatic rings. The number of anilines is 2. The number of aromatic nitrogens is 3. The fraction of sp³-hybridized carbons (Fsp3) is 0.333. The van der Waals surface area contributed by atoms with Crippen molar-refractivity contribution in [2.45, 2.75) is 37.8 Å². The van der Waals surface area contributed by atoms with E-state index in [-0.39, 0.29) is 36.7 Å². The van der Waals surface area contributed by atoms with E-state index in [4.69, 9.17) is 5.73 Å². The second kappa shape index (κ2) is 10.6. The van der Waals surface area contributed by atoms with Gasteiger partial charge in [-0.05, 0) is 24.0 Å². The largest absolute Gasteiger partial charge is 0.368 e. The molecule has 1 aliphatic rings. The van der Waals surface area contributed by atoms with Crippen molar-refractivity contribution < 1.29 is 9.59 Å². The average molecular weight is 448 g/mol. The molecule has 0 bridgehead atoms. The number of amides is 2. The summed E-state index contributed by atoms with van der Waals surface area (Å²) in [6.07, 6.45) is 1.87. The molecule has 2 heterocycles. The van der Waals surface area contributed by atoms with Gasteiger partial charge in [0.05, 0.1) is 6.04 Å². The number of nitrogens with two attached hydrogens (primary N) is 1. The molecule has 1 aromatic heterocycles. The maximum Gasteiger partial charge on any atom is 0.246 e. The molecule has 9 heteroatoms. The first-order valence-electron chi connectivity index (χ1n) is 11.2. The molecule has 0 saturated carbocycles. The number of nitrogens with zero attached hydrogens (tertiary/aromatic N) is 3. The van der Waals surface area contributed by atoms with Gasteiger partial charge in [-0.3, -0.25) is 9.59 Å². The summed E-state index contributed by atoms with van der Waals surface area (Å²) in [6.45, 7) is 1.47. The molecule has 2 amide bonds. The van der Waals surface area contributed by atoms with Gasteiger partial charge in [0.15, 0.2) is 0 Å². The van der Waals surface area contributed by atoms with Crippen LogP contribution in [-0.2, 0) is 9.59 Å². The normalized spacial score (nSPS) is 14.3. The van der Waals surface area contributed by atoms with E-state index in [0.717, 1.165) is 37.1 Å². The number of H-pyrrole nitrogens is 1. The molecule has 0 unspecified atom stereocenters. The minimum absolute atomic E-state index is 0.0782. The van der Waals surface area contributed by atoms with Crippen LogP contribution in [0.25, 0.3) is 0 Å². The molecular weight excluding hydrogens is 418 g/mol. The van der Waals surface area contributed by atoms with Gasteiger partial charge in [0.25, 0.3) is 0 Å². The summed E-state index contributed by atoms with van der Waals surface area (Å²) in [5, 5.41) is 12.8. The number of carbonyl (C=O) groups excluding carboxylic acids is 2. The van der Waals surface area contributed by atoms with Crippen molar-refractivity contribution in [1.29, 1.82) is 0 Å². The van der Waals surface area contributed by atoms with Gasteiger partial charge in [-0.15, -0.1) is 5.10 Å². The van der Waals surface area contributed by atoms with E-state index in [9.17, 15) is 9.59 Å². The number of nitrogen functional groups attached to an aromatic ring is 1. The summed E-state index contributed by atoms with van der Waals surface area (Å²) >= 11 is 0. The topological polar surface area (TPSA) is 129 Å². The number of hydrogen-bond acceptors (Lipinski definition) is 6. The number of nitrogens with one attached hydrogen (secondary N) is 3. The van der Waals surface area contributed by atoms with E-state index in [1.807, 2.05) is 65.6 Å². The summed E-state index contributed by atoms with van der Waals surface area (Å²) in [7, 11) is 0. The highest BCUT2D eigenvalue weighted by molar-refractivity contribution is 5.84. The molecule has 0 spiro atoms. The number of piperidine rings is 1. The van der Waals surface area contributed by atoms with Crippen molar-refractivity contribution in [3.63, 3.8) is 0 Å². The Bertz CT molecular complexity index is 1010. The minimum atomic E-state index is -0.253. The van der Waals surface area contributed by atoms with Gasteiger partial charge in [-0.2, -0.15) is 4.98 Å². The predicted molar refractivity (Wildman–Crippen MR) is 126 cm³/mol. The van der Waals surface area contributed by atoms with Crippen LogP contribution >= 0.6 is 0 Å². The molecule has 9 nitrogen and oxygen atoms in total. The summed E-state index contributed by atoms with van der Waals surface area (Å²) in [4.78, 5) is 31.3. The molecule has 0 atom stereocenters. The Balaban J connectivity index is 1.24. The third-order valence-corrected chi connectivity index (χ3v) is 5.78. The monoisotopic (exact) mass is 447 g/mol. The van der Waals surface area contributed by atoms with Gasteiger partial charge in [-0.1, -0.05) is 60.7 Å². The lowest BCUT2D eigenvalue weighted by molar-refractivity contribution is -0.127. The van der Waals surface area contributed by atoms with Crippen LogP contribution in [0, 0.1) is 0 Å². The summed E-state index contributed by atoms with van der Waals surface area (Å²) in [5.74, 6) is 0.613. The van der Waals surface area contributed by atoms with Gasteiger partial charge in [0, 0.05) is 32.0 Å². The van der Waals surface area contributed by atoms with Crippen molar-refractivity contribution in [1.82, 2.24) is 25.8 Å². The Hall–Kier alpha value is -3.88. The zero-order valence-electron chi connectivity index (χ0n) is 18.4. The van der Waals surface area contributed by atoms with Crippen LogP contribution in [0.5, 0.6) is 0 Å². The summed E-state index contributed by atoms with van der Waals surface area (Å²) in [6, 6.07) is 19.5. The van der Waals surface area contributed by atoms with Crippen LogP contribution < -0.4 is 21.3 Å². The van der Waals surface area contributed by atoms with E-state index in [1.165, 1.54) is 0 Å². The molecule has 172 valence electrons. The first-order chi connectivity index (χ1) is 16.1. The average Bonchev–Trinajstić information content (AvgIpc) is 3.29. The predicted octanol–water partition coefficient (Wildman–Crippen LogP) is 2.16. The fourth-order valence-corrected chi connectivity index (χ4v) is 4.04. The van der Waals surface area contributed by atoms with Crippen molar-refractivity contribution >= 4 is 23.7 Å². The SMILES string of the molecule is Nc1nc(N2CCC(NC(=O)CCC(=O)NC(c3ccccc3)c3ccccc3)CC2)n[nH]1. The molecule has 33 heavy (non-hydrogen) atoms. The Morgan fingerprint density at radius 1 is 0.970 bits per heavy atom. The van der Waals surface area contributed by atoms with E-state index < -0.39 is 0 Å². The van der Waals surface area contributed by atoms with Crippen LogP contribution in [-0.4, -0.2) is 46.1 Å². The molecular formula is C24H29N7O2. The Kier molecular flexibility index (Phi) is 7.19. The number of hydrogen-bond donors (Lipinski definition) is 4. The van der Waals surface area contributed by atoms with Gasteiger partial charge >= 0.3 is 0 Å². The van der Waals surface area contributed by atoms with Crippen LogP contribution in [0.1, 0.15) is 42.9 Å². The Morgan fingerprint density at radius 3 is 2.09 bits per heavy atom. The highest BCUT2D eigenvalue weighted by atomic mass is 16.2. The van der Waals surface area contributed by atoms with E-state index >= 15 is 0 Å². The fourth-order valence-electron chi connectivity index (χ4n) is 4.04. The smallest absolute Gasteiger partial charge is 0.246 e. The summed E-state index contributed by atoms with van der Waals surface area (Å²) < 4.78 is 0. The minimum Gasteiger partial charge on any atom is -0.368 e. The van der Waals surface area contributed by atoms with Gasteiger partial charge in [-0.25, -0.2) is 5.10 Å². The Morgan fingerprint density at radius 2 is 1.55 bits per heavy atom. The zero-order valence-corrected chi connectivity index (χ0v) is 18.4. The van der Waals surface area contributed by atoms with Crippen LogP contribution in [0.15, 0.2) is 60.7 Å². The van der Waals surface area contributed by atoms with Crippen LogP contribution in [0.4, 0.5) is 11.9 Å². The highest BCUT2D eigenvalue weighted by Gasteiger charge is 2.23. The quantitative estimate of drug-likeness (QED) is 0.419. The van der Waals surface area contributed by atoms with Crippen molar-refractivity contribution in [3.05, 3.63) is 71.8 Å². The third kappa shape index (κ3) is 6.09. The molecule has 1 fully saturated rings.